The minimum Gasteiger partial charge on any atom is -0.398 e. The Hall–Kier alpha value is -3.12. The van der Waals surface area contributed by atoms with Crippen molar-refractivity contribution in [3.8, 4) is 0 Å². The number of nitrogens with zero attached hydrogens (tertiary/aromatic N) is 1. The highest BCUT2D eigenvalue weighted by Crippen LogP contribution is 2.23. The van der Waals surface area contributed by atoms with E-state index in [1.165, 1.54) is 6.07 Å². The molecule has 0 radical (unpaired) electrons. The maximum atomic E-state index is 12.1. The molecule has 1 heterocycles. The standard InChI is InChI=1S/C17H13ClN4O2/c18-12-9-11(6-7-13(12)19)21-16(23)17(24)22-14-5-1-3-10-4-2-8-20-15(10)14/h1-9H,19H2,(H,21,23)(H,22,24). The average Bonchev–Trinajstić information content (AvgIpc) is 2.58. The zero-order valence-electron chi connectivity index (χ0n) is 12.4. The molecule has 6 nitrogen and oxygen atoms in total. The molecule has 0 unspecified atom stereocenters. The number of fused-ring (bicyclic) bond motifs is 1. The molecular weight excluding hydrogens is 328 g/mol. The number of nitrogens with two attached hydrogens (primary N) is 1. The van der Waals surface area contributed by atoms with Crippen LogP contribution < -0.4 is 16.4 Å². The van der Waals surface area contributed by atoms with Crippen LogP contribution in [0.5, 0.6) is 0 Å². The van der Waals surface area contributed by atoms with Gasteiger partial charge in [-0.3, -0.25) is 14.6 Å². The number of rotatable bonds is 2. The predicted molar refractivity (Wildman–Crippen MR) is 94.9 cm³/mol. The van der Waals surface area contributed by atoms with E-state index in [-0.39, 0.29) is 0 Å². The summed E-state index contributed by atoms with van der Waals surface area (Å²) in [6.45, 7) is 0. The third kappa shape index (κ3) is 3.28. The van der Waals surface area contributed by atoms with Crippen LogP contribution in [0.2, 0.25) is 5.02 Å². The van der Waals surface area contributed by atoms with Crippen molar-refractivity contribution in [3.05, 3.63) is 59.8 Å². The second kappa shape index (κ2) is 6.55. The summed E-state index contributed by atoms with van der Waals surface area (Å²) in [5.74, 6) is -1.62. The molecule has 2 amide bonds. The molecule has 0 aliphatic heterocycles. The molecule has 0 spiro atoms. The number of nitrogen functional groups attached to an aromatic ring is 1. The van der Waals surface area contributed by atoms with Gasteiger partial charge in [0.2, 0.25) is 0 Å². The molecule has 0 bridgehead atoms. The van der Waals surface area contributed by atoms with Gasteiger partial charge in [0, 0.05) is 17.3 Å². The van der Waals surface area contributed by atoms with Crippen LogP contribution in [0, 0.1) is 0 Å². The average molecular weight is 341 g/mol. The zero-order chi connectivity index (χ0) is 17.1. The lowest BCUT2D eigenvalue weighted by molar-refractivity contribution is -0.132. The molecule has 0 aliphatic carbocycles. The molecule has 0 atom stereocenters. The van der Waals surface area contributed by atoms with Crippen LogP contribution in [-0.4, -0.2) is 16.8 Å². The van der Waals surface area contributed by atoms with Gasteiger partial charge >= 0.3 is 11.8 Å². The topological polar surface area (TPSA) is 97.1 Å². The SMILES string of the molecule is Nc1ccc(NC(=O)C(=O)Nc2cccc3cccnc23)cc1Cl. The number of carbonyl (C=O) groups excluding carboxylic acids is 2. The van der Waals surface area contributed by atoms with E-state index in [1.807, 2.05) is 12.1 Å². The third-order valence-corrected chi connectivity index (χ3v) is 3.67. The van der Waals surface area contributed by atoms with Gasteiger partial charge < -0.3 is 16.4 Å². The van der Waals surface area contributed by atoms with Crippen LogP contribution in [0.25, 0.3) is 10.9 Å². The smallest absolute Gasteiger partial charge is 0.314 e. The fourth-order valence-electron chi connectivity index (χ4n) is 2.18. The van der Waals surface area contributed by atoms with Gasteiger partial charge in [0.15, 0.2) is 0 Å². The summed E-state index contributed by atoms with van der Waals surface area (Å²) >= 11 is 5.89. The number of aromatic nitrogens is 1. The van der Waals surface area contributed by atoms with E-state index in [4.69, 9.17) is 17.3 Å². The second-order valence-corrected chi connectivity index (χ2v) is 5.43. The van der Waals surface area contributed by atoms with Crippen molar-refractivity contribution in [2.24, 2.45) is 0 Å². The maximum Gasteiger partial charge on any atom is 0.314 e. The molecule has 0 aliphatic rings. The van der Waals surface area contributed by atoms with Crippen molar-refractivity contribution in [1.82, 2.24) is 4.98 Å². The maximum absolute atomic E-state index is 12.1. The van der Waals surface area contributed by atoms with Crippen LogP contribution >= 0.6 is 11.6 Å². The highest BCUT2D eigenvalue weighted by molar-refractivity contribution is 6.44. The Morgan fingerprint density at radius 1 is 1.00 bits per heavy atom. The summed E-state index contributed by atoms with van der Waals surface area (Å²) in [6, 6.07) is 13.6. The Labute approximate surface area is 142 Å². The summed E-state index contributed by atoms with van der Waals surface area (Å²) in [5.41, 5.74) is 7.44. The van der Waals surface area contributed by atoms with Gasteiger partial charge in [-0.25, -0.2) is 0 Å². The summed E-state index contributed by atoms with van der Waals surface area (Å²) in [4.78, 5) is 28.4. The van der Waals surface area contributed by atoms with Crippen LogP contribution in [0.1, 0.15) is 0 Å². The number of para-hydroxylation sites is 1. The Balaban J connectivity index is 1.76. The van der Waals surface area contributed by atoms with Crippen molar-refractivity contribution in [3.63, 3.8) is 0 Å². The quantitative estimate of drug-likeness (QED) is 0.493. The first-order valence-electron chi connectivity index (χ1n) is 7.06. The van der Waals surface area contributed by atoms with Gasteiger partial charge in [-0.15, -0.1) is 0 Å². The number of pyridine rings is 1. The van der Waals surface area contributed by atoms with E-state index in [2.05, 4.69) is 15.6 Å². The first-order chi connectivity index (χ1) is 11.5. The number of carbonyl (C=O) groups is 2. The lowest BCUT2D eigenvalue weighted by Gasteiger charge is -2.09. The molecular formula is C17H13ClN4O2. The fourth-order valence-corrected chi connectivity index (χ4v) is 2.36. The largest absolute Gasteiger partial charge is 0.398 e. The molecule has 0 saturated heterocycles. The minimum absolute atomic E-state index is 0.298. The molecule has 0 fully saturated rings. The van der Waals surface area contributed by atoms with E-state index in [0.29, 0.717) is 27.6 Å². The van der Waals surface area contributed by atoms with Crippen molar-refractivity contribution in [1.29, 1.82) is 0 Å². The highest BCUT2D eigenvalue weighted by Gasteiger charge is 2.16. The lowest BCUT2D eigenvalue weighted by Crippen LogP contribution is -2.29. The number of halogens is 1. The Bertz CT molecular complexity index is 938. The molecule has 0 saturated carbocycles. The molecule has 2 aromatic carbocycles. The van der Waals surface area contributed by atoms with Crippen LogP contribution in [0.4, 0.5) is 17.1 Å². The summed E-state index contributed by atoms with van der Waals surface area (Å²) < 4.78 is 0. The van der Waals surface area contributed by atoms with Crippen molar-refractivity contribution >= 4 is 51.4 Å². The number of anilines is 3. The van der Waals surface area contributed by atoms with Crippen molar-refractivity contribution in [2.75, 3.05) is 16.4 Å². The van der Waals surface area contributed by atoms with E-state index in [1.54, 1.807) is 36.5 Å². The number of hydrogen-bond donors (Lipinski definition) is 3. The van der Waals surface area contributed by atoms with Crippen molar-refractivity contribution in [2.45, 2.75) is 0 Å². The zero-order valence-corrected chi connectivity index (χ0v) is 13.2. The molecule has 3 aromatic rings. The molecule has 24 heavy (non-hydrogen) atoms. The highest BCUT2D eigenvalue weighted by atomic mass is 35.5. The normalized spacial score (nSPS) is 10.4. The van der Waals surface area contributed by atoms with Gasteiger partial charge in [0.1, 0.15) is 0 Å². The number of nitrogens with one attached hydrogen (secondary N) is 2. The molecule has 4 N–H and O–H groups in total. The van der Waals surface area contributed by atoms with Crippen molar-refractivity contribution < 1.29 is 9.59 Å². The second-order valence-electron chi connectivity index (χ2n) is 5.03. The van der Waals surface area contributed by atoms with Crippen LogP contribution in [-0.2, 0) is 9.59 Å². The van der Waals surface area contributed by atoms with Gasteiger partial charge in [-0.1, -0.05) is 29.8 Å². The van der Waals surface area contributed by atoms with Gasteiger partial charge in [-0.05, 0) is 30.3 Å². The summed E-state index contributed by atoms with van der Waals surface area (Å²) in [5, 5.41) is 6.19. The van der Waals surface area contributed by atoms with E-state index in [9.17, 15) is 9.59 Å². The monoisotopic (exact) mass is 340 g/mol. The Morgan fingerprint density at radius 2 is 1.75 bits per heavy atom. The number of hydrogen-bond acceptors (Lipinski definition) is 4. The lowest BCUT2D eigenvalue weighted by atomic mass is 10.2. The molecule has 120 valence electrons. The Kier molecular flexibility index (Phi) is 4.31. The minimum atomic E-state index is -0.816. The summed E-state index contributed by atoms with van der Waals surface area (Å²) in [7, 11) is 0. The number of benzene rings is 2. The first-order valence-corrected chi connectivity index (χ1v) is 7.43. The van der Waals surface area contributed by atoms with E-state index >= 15 is 0 Å². The fraction of sp³-hybridized carbons (Fsp3) is 0. The molecule has 7 heteroatoms. The summed E-state index contributed by atoms with van der Waals surface area (Å²) in [6.07, 6.45) is 1.62. The van der Waals surface area contributed by atoms with Crippen LogP contribution in [0.15, 0.2) is 54.7 Å². The third-order valence-electron chi connectivity index (χ3n) is 3.35. The Morgan fingerprint density at radius 3 is 2.54 bits per heavy atom. The van der Waals surface area contributed by atoms with Gasteiger partial charge in [0.25, 0.3) is 0 Å². The van der Waals surface area contributed by atoms with Gasteiger partial charge in [0.05, 0.1) is 21.9 Å². The van der Waals surface area contributed by atoms with Gasteiger partial charge in [-0.2, -0.15) is 0 Å². The molecule has 3 rings (SSSR count). The molecule has 1 aromatic heterocycles. The number of amides is 2. The predicted octanol–water partition coefficient (Wildman–Crippen LogP) is 3.05. The van der Waals surface area contributed by atoms with Crippen LogP contribution in [0.3, 0.4) is 0 Å². The van der Waals surface area contributed by atoms with E-state index in [0.717, 1.165) is 5.39 Å². The van der Waals surface area contributed by atoms with E-state index < -0.39 is 11.8 Å². The first kappa shape index (κ1) is 15.8.